The Balaban J connectivity index is 2.27. The van der Waals surface area contributed by atoms with E-state index in [2.05, 4.69) is 20.8 Å². The maximum Gasteiger partial charge on any atom is 0.270 e. The Kier molecular flexibility index (Phi) is 3.88. The third-order valence-corrected chi connectivity index (χ3v) is 4.34. The van der Waals surface area contributed by atoms with Crippen LogP contribution in [0.4, 0.5) is 5.69 Å². The lowest BCUT2D eigenvalue weighted by Gasteiger charge is -2.41. The Hall–Kier alpha value is -1.45. The number of aryl methyl sites for hydroxylation is 1. The van der Waals surface area contributed by atoms with Crippen LogP contribution in [0.1, 0.15) is 44.6 Å². The number of anilines is 1. The van der Waals surface area contributed by atoms with Crippen LogP contribution >= 0.6 is 0 Å². The molecule has 0 radical (unpaired) electrons. The van der Waals surface area contributed by atoms with Crippen LogP contribution in [0.2, 0.25) is 0 Å². The van der Waals surface area contributed by atoms with E-state index in [9.17, 15) is 4.79 Å². The van der Waals surface area contributed by atoms with Gasteiger partial charge in [-0.1, -0.05) is 13.8 Å². The summed E-state index contributed by atoms with van der Waals surface area (Å²) in [6.07, 6.45) is 3.04. The van der Waals surface area contributed by atoms with Crippen molar-refractivity contribution in [3.8, 4) is 0 Å². The lowest BCUT2D eigenvalue weighted by molar-refractivity contribution is 0.0445. The van der Waals surface area contributed by atoms with Crippen LogP contribution in [-0.2, 0) is 6.54 Å². The van der Waals surface area contributed by atoms with Gasteiger partial charge in [-0.25, -0.2) is 0 Å². The largest absolute Gasteiger partial charge is 0.397 e. The van der Waals surface area contributed by atoms with Crippen molar-refractivity contribution in [1.82, 2.24) is 9.47 Å². The SMILES string of the molecule is CCn1cc(N)cc1C(=O)N1CC(C)CC(C)C1C. The summed E-state index contributed by atoms with van der Waals surface area (Å²) < 4.78 is 1.94. The van der Waals surface area contributed by atoms with Gasteiger partial charge >= 0.3 is 0 Å². The molecule has 2 N–H and O–H groups in total. The Morgan fingerprint density at radius 1 is 1.42 bits per heavy atom. The number of rotatable bonds is 2. The predicted molar refractivity (Wildman–Crippen MR) is 78.0 cm³/mol. The number of hydrogen-bond acceptors (Lipinski definition) is 2. The van der Waals surface area contributed by atoms with Gasteiger partial charge in [0.05, 0.1) is 5.69 Å². The number of nitrogens with two attached hydrogens (primary N) is 1. The second-order valence-corrected chi connectivity index (χ2v) is 5.96. The monoisotopic (exact) mass is 263 g/mol. The molecule has 1 amide bonds. The number of carbonyl (C=O) groups excluding carboxylic acids is 1. The summed E-state index contributed by atoms with van der Waals surface area (Å²) in [4.78, 5) is 14.8. The number of aromatic nitrogens is 1. The van der Waals surface area contributed by atoms with Crippen LogP contribution in [0.25, 0.3) is 0 Å². The second-order valence-electron chi connectivity index (χ2n) is 5.96. The Morgan fingerprint density at radius 3 is 2.74 bits per heavy atom. The van der Waals surface area contributed by atoms with E-state index in [0.29, 0.717) is 29.3 Å². The van der Waals surface area contributed by atoms with Gasteiger partial charge in [-0.15, -0.1) is 0 Å². The molecule has 0 aromatic carbocycles. The highest BCUT2D eigenvalue weighted by Crippen LogP contribution is 2.28. The molecule has 106 valence electrons. The number of nitrogens with zero attached hydrogens (tertiary/aromatic N) is 2. The van der Waals surface area contributed by atoms with Gasteiger partial charge in [0.25, 0.3) is 5.91 Å². The van der Waals surface area contributed by atoms with E-state index in [4.69, 9.17) is 5.73 Å². The van der Waals surface area contributed by atoms with Crippen molar-refractivity contribution in [2.24, 2.45) is 11.8 Å². The van der Waals surface area contributed by atoms with Crippen molar-refractivity contribution < 1.29 is 4.79 Å². The minimum atomic E-state index is 0.115. The number of likely N-dealkylation sites (tertiary alicyclic amines) is 1. The topological polar surface area (TPSA) is 51.3 Å². The van der Waals surface area contributed by atoms with Gasteiger partial charge in [-0.05, 0) is 38.2 Å². The number of nitrogen functional groups attached to an aromatic ring is 1. The Labute approximate surface area is 115 Å². The smallest absolute Gasteiger partial charge is 0.270 e. The van der Waals surface area contributed by atoms with Crippen LogP contribution in [0.5, 0.6) is 0 Å². The molecule has 1 aromatic rings. The lowest BCUT2D eigenvalue weighted by Crippen LogP contribution is -2.49. The lowest BCUT2D eigenvalue weighted by atomic mass is 9.86. The molecule has 2 heterocycles. The van der Waals surface area contributed by atoms with Crippen molar-refractivity contribution in [3.05, 3.63) is 18.0 Å². The van der Waals surface area contributed by atoms with E-state index >= 15 is 0 Å². The zero-order chi connectivity index (χ0) is 14.2. The molecule has 0 spiro atoms. The van der Waals surface area contributed by atoms with E-state index in [1.807, 2.05) is 22.6 Å². The van der Waals surface area contributed by atoms with Crippen LogP contribution in [0.3, 0.4) is 0 Å². The fourth-order valence-corrected chi connectivity index (χ4v) is 3.10. The molecule has 0 aliphatic carbocycles. The van der Waals surface area contributed by atoms with Crippen molar-refractivity contribution in [3.63, 3.8) is 0 Å². The summed E-state index contributed by atoms with van der Waals surface area (Å²) in [7, 11) is 0. The summed E-state index contributed by atoms with van der Waals surface area (Å²) in [5, 5.41) is 0. The number of piperidine rings is 1. The van der Waals surface area contributed by atoms with Crippen molar-refractivity contribution in [2.45, 2.75) is 46.7 Å². The zero-order valence-electron chi connectivity index (χ0n) is 12.4. The van der Waals surface area contributed by atoms with Gasteiger partial charge in [0.1, 0.15) is 5.69 Å². The Bertz CT molecular complexity index is 466. The zero-order valence-corrected chi connectivity index (χ0v) is 12.4. The fraction of sp³-hybridized carbons (Fsp3) is 0.667. The van der Waals surface area contributed by atoms with Crippen molar-refractivity contribution in [1.29, 1.82) is 0 Å². The molecule has 19 heavy (non-hydrogen) atoms. The molecule has 1 fully saturated rings. The molecule has 3 unspecified atom stereocenters. The molecule has 0 bridgehead atoms. The molecule has 4 nitrogen and oxygen atoms in total. The third kappa shape index (κ3) is 2.62. The van der Waals surface area contributed by atoms with E-state index in [1.54, 1.807) is 6.07 Å². The van der Waals surface area contributed by atoms with Crippen LogP contribution in [0.15, 0.2) is 12.3 Å². The first-order valence-corrected chi connectivity index (χ1v) is 7.20. The van der Waals surface area contributed by atoms with Gasteiger partial charge in [0, 0.05) is 25.3 Å². The van der Waals surface area contributed by atoms with Crippen LogP contribution < -0.4 is 5.73 Å². The molecular formula is C15H25N3O. The molecule has 1 aliphatic rings. The molecule has 4 heteroatoms. The number of hydrogen-bond donors (Lipinski definition) is 1. The molecule has 2 rings (SSSR count). The first-order valence-electron chi connectivity index (χ1n) is 7.20. The number of amides is 1. The summed E-state index contributed by atoms with van der Waals surface area (Å²) in [6, 6.07) is 2.09. The summed E-state index contributed by atoms with van der Waals surface area (Å²) >= 11 is 0. The van der Waals surface area contributed by atoms with Crippen molar-refractivity contribution in [2.75, 3.05) is 12.3 Å². The average molecular weight is 263 g/mol. The Morgan fingerprint density at radius 2 is 2.11 bits per heavy atom. The molecule has 1 aromatic heterocycles. The summed E-state index contributed by atoms with van der Waals surface area (Å²) in [6.45, 7) is 10.2. The van der Waals surface area contributed by atoms with Crippen LogP contribution in [0, 0.1) is 11.8 Å². The number of carbonyl (C=O) groups is 1. The maximum atomic E-state index is 12.7. The van der Waals surface area contributed by atoms with Gasteiger partial charge in [-0.3, -0.25) is 4.79 Å². The van der Waals surface area contributed by atoms with Gasteiger partial charge in [0.15, 0.2) is 0 Å². The fourth-order valence-electron chi connectivity index (χ4n) is 3.10. The molecular weight excluding hydrogens is 238 g/mol. The highest BCUT2D eigenvalue weighted by atomic mass is 16.2. The summed E-state index contributed by atoms with van der Waals surface area (Å²) in [5.41, 5.74) is 7.20. The highest BCUT2D eigenvalue weighted by molar-refractivity contribution is 5.94. The molecule has 3 atom stereocenters. The first-order chi connectivity index (χ1) is 8.93. The molecule has 1 aliphatic heterocycles. The van der Waals surface area contributed by atoms with E-state index in [0.717, 1.165) is 13.1 Å². The van der Waals surface area contributed by atoms with E-state index in [1.165, 1.54) is 6.42 Å². The standard InChI is InChI=1S/C15H25N3O/c1-5-17-9-13(16)7-14(17)15(19)18-8-10(2)6-11(3)12(18)4/h7,9-12H,5-6,8,16H2,1-4H3. The molecule has 0 saturated carbocycles. The normalized spacial score (nSPS) is 27.6. The maximum absolute atomic E-state index is 12.7. The van der Waals surface area contributed by atoms with Gasteiger partial charge in [0.2, 0.25) is 0 Å². The predicted octanol–water partition coefficient (Wildman–Crippen LogP) is 2.60. The second kappa shape index (κ2) is 5.27. The van der Waals surface area contributed by atoms with Gasteiger partial charge < -0.3 is 15.2 Å². The minimum absolute atomic E-state index is 0.115. The van der Waals surface area contributed by atoms with Crippen molar-refractivity contribution >= 4 is 11.6 Å². The average Bonchev–Trinajstić information content (AvgIpc) is 2.74. The highest BCUT2D eigenvalue weighted by Gasteiger charge is 2.33. The quantitative estimate of drug-likeness (QED) is 0.891. The third-order valence-electron chi connectivity index (χ3n) is 4.34. The molecule has 1 saturated heterocycles. The summed E-state index contributed by atoms with van der Waals surface area (Å²) in [5.74, 6) is 1.23. The van der Waals surface area contributed by atoms with E-state index in [-0.39, 0.29) is 5.91 Å². The minimum Gasteiger partial charge on any atom is -0.397 e. The van der Waals surface area contributed by atoms with Gasteiger partial charge in [-0.2, -0.15) is 0 Å². The van der Waals surface area contributed by atoms with Crippen LogP contribution in [-0.4, -0.2) is 28.0 Å². The van der Waals surface area contributed by atoms with E-state index < -0.39 is 0 Å². The first kappa shape index (κ1) is 14.0.